The van der Waals surface area contributed by atoms with Crippen LogP contribution in [0.3, 0.4) is 0 Å². The summed E-state index contributed by atoms with van der Waals surface area (Å²) in [5, 5.41) is 3.36. The molecule has 0 saturated carbocycles. The van der Waals surface area contributed by atoms with Crippen molar-refractivity contribution in [2.45, 2.75) is 13.0 Å². The van der Waals surface area contributed by atoms with Crippen molar-refractivity contribution >= 4 is 29.4 Å². The summed E-state index contributed by atoms with van der Waals surface area (Å²) >= 11 is 0. The van der Waals surface area contributed by atoms with Crippen LogP contribution in [0, 0.1) is 0 Å². The molecule has 3 heterocycles. The minimum absolute atomic E-state index is 0.136. The number of hydrogen-bond acceptors (Lipinski definition) is 5. The van der Waals surface area contributed by atoms with E-state index in [-0.39, 0.29) is 16.4 Å². The average Bonchev–Trinajstić information content (AvgIpc) is 2.88. The predicted molar refractivity (Wildman–Crippen MR) is 113 cm³/mol. The number of nitrogens with two attached hydrogens (primary N) is 1. The van der Waals surface area contributed by atoms with Gasteiger partial charge in [0, 0.05) is 33.2 Å². The highest BCUT2D eigenvalue weighted by atomic mass is 16.2. The fourth-order valence-electron chi connectivity index (χ4n) is 4.31. The smallest absolute Gasteiger partial charge is 0.365 e. The van der Waals surface area contributed by atoms with Crippen molar-refractivity contribution in [3.05, 3.63) is 47.2 Å². The number of fused-ring (bicyclic) bond motifs is 1. The van der Waals surface area contributed by atoms with Crippen LogP contribution < -0.4 is 25.8 Å². The number of anilines is 2. The first-order valence-electron chi connectivity index (χ1n) is 10.1. The molecule has 0 radical (unpaired) electrons. The molecule has 1 unspecified atom stereocenters. The van der Waals surface area contributed by atoms with Crippen molar-refractivity contribution in [2.75, 3.05) is 50.1 Å². The predicted octanol–water partition coefficient (Wildman–Crippen LogP) is -0.340. The summed E-state index contributed by atoms with van der Waals surface area (Å²) in [6.07, 6.45) is 0.896. The fourth-order valence-corrected chi connectivity index (χ4v) is 4.31. The number of aromatic nitrogens is 1. The van der Waals surface area contributed by atoms with Crippen molar-refractivity contribution in [2.24, 2.45) is 5.73 Å². The van der Waals surface area contributed by atoms with E-state index in [4.69, 9.17) is 5.73 Å². The van der Waals surface area contributed by atoms with Gasteiger partial charge in [-0.15, -0.1) is 0 Å². The zero-order chi connectivity index (χ0) is 21.4. The van der Waals surface area contributed by atoms with Crippen LogP contribution in [0.2, 0.25) is 0 Å². The molecule has 4 amide bonds. The van der Waals surface area contributed by atoms with E-state index < -0.39 is 11.9 Å². The standard InChI is InChI=1S/C21H26N6O3/c1-24-16-15(18(22)28)19(26-11-6-9-23-10-12-26)27(13-14-7-4-3-5-8-14)17(16)20(29)25(2)21(24)30/h3-5,7-8,23H,6,9-13H2,1-2H3,(H2,22,28)/p+1. The molecule has 4 rings (SSSR count). The van der Waals surface area contributed by atoms with Crippen molar-refractivity contribution in [1.29, 1.82) is 0 Å². The normalized spacial score (nSPS) is 19.6. The second-order valence-electron chi connectivity index (χ2n) is 7.74. The Bertz CT molecular complexity index is 992. The number of primary amides is 1. The SMILES string of the molecule is CN1C(=O)[NH+](C)C(=O)c2c1c(C(N)=O)c(N1CCCNCC1)n2Cc1ccccc1. The highest BCUT2D eigenvalue weighted by Crippen LogP contribution is 2.38. The van der Waals surface area contributed by atoms with Gasteiger partial charge in [-0.25, -0.2) is 9.59 Å². The molecule has 2 aliphatic heterocycles. The van der Waals surface area contributed by atoms with E-state index in [1.54, 1.807) is 7.05 Å². The largest absolute Gasteiger partial charge is 0.429 e. The Morgan fingerprint density at radius 3 is 2.60 bits per heavy atom. The van der Waals surface area contributed by atoms with Crippen molar-refractivity contribution in [3.8, 4) is 0 Å². The zero-order valence-corrected chi connectivity index (χ0v) is 17.3. The van der Waals surface area contributed by atoms with E-state index in [0.717, 1.165) is 31.6 Å². The summed E-state index contributed by atoms with van der Waals surface area (Å²) in [6.45, 7) is 3.43. The van der Waals surface area contributed by atoms with Gasteiger partial charge < -0.3 is 20.5 Å². The number of carbonyl (C=O) groups is 3. The zero-order valence-electron chi connectivity index (χ0n) is 17.3. The van der Waals surface area contributed by atoms with Gasteiger partial charge in [0.05, 0.1) is 12.7 Å². The topological polar surface area (TPSA) is 105 Å². The van der Waals surface area contributed by atoms with Gasteiger partial charge in [0.1, 0.15) is 11.4 Å². The molecule has 1 aromatic carbocycles. The first-order valence-corrected chi connectivity index (χ1v) is 10.1. The van der Waals surface area contributed by atoms with Gasteiger partial charge in [-0.3, -0.25) is 9.69 Å². The Morgan fingerprint density at radius 2 is 1.90 bits per heavy atom. The number of imide groups is 1. The molecule has 9 nitrogen and oxygen atoms in total. The second-order valence-corrected chi connectivity index (χ2v) is 7.74. The van der Waals surface area contributed by atoms with Crippen LogP contribution in [0.25, 0.3) is 0 Å². The summed E-state index contributed by atoms with van der Waals surface area (Å²) in [4.78, 5) is 42.2. The number of rotatable bonds is 4. The highest BCUT2D eigenvalue weighted by molar-refractivity contribution is 6.16. The summed E-state index contributed by atoms with van der Waals surface area (Å²) in [7, 11) is 3.12. The summed E-state index contributed by atoms with van der Waals surface area (Å²) in [6, 6.07) is 9.34. The first kappa shape index (κ1) is 20.1. The molecule has 30 heavy (non-hydrogen) atoms. The molecular weight excluding hydrogens is 384 g/mol. The Morgan fingerprint density at radius 1 is 1.17 bits per heavy atom. The number of amides is 4. The molecule has 4 N–H and O–H groups in total. The number of carbonyl (C=O) groups excluding carboxylic acids is 3. The Hall–Kier alpha value is -3.17. The maximum Gasteiger partial charge on any atom is 0.429 e. The van der Waals surface area contributed by atoms with Crippen LogP contribution >= 0.6 is 0 Å². The molecule has 2 aliphatic rings. The number of quaternary nitrogens is 1. The molecule has 1 aromatic heterocycles. The van der Waals surface area contributed by atoms with Gasteiger partial charge in [0.15, 0.2) is 5.69 Å². The number of urea groups is 1. The van der Waals surface area contributed by atoms with E-state index in [1.807, 2.05) is 34.9 Å². The van der Waals surface area contributed by atoms with Gasteiger partial charge in [-0.2, -0.15) is 4.90 Å². The molecule has 0 bridgehead atoms. The third-order valence-corrected chi connectivity index (χ3v) is 5.80. The molecule has 2 aromatic rings. The first-order chi connectivity index (χ1) is 14.4. The number of nitrogens with one attached hydrogen (secondary N) is 2. The lowest BCUT2D eigenvalue weighted by atomic mass is 10.1. The highest BCUT2D eigenvalue weighted by Gasteiger charge is 2.46. The van der Waals surface area contributed by atoms with Crippen molar-refractivity contribution in [3.63, 3.8) is 0 Å². The van der Waals surface area contributed by atoms with E-state index >= 15 is 0 Å². The summed E-state index contributed by atoms with van der Waals surface area (Å²) in [5.74, 6) is -0.384. The van der Waals surface area contributed by atoms with Gasteiger partial charge in [0.25, 0.3) is 5.91 Å². The number of benzene rings is 1. The van der Waals surface area contributed by atoms with Gasteiger partial charge in [-0.1, -0.05) is 30.3 Å². The summed E-state index contributed by atoms with van der Waals surface area (Å²) < 4.78 is 1.87. The number of nitrogens with zero attached hydrogens (tertiary/aromatic N) is 3. The third kappa shape index (κ3) is 3.25. The van der Waals surface area contributed by atoms with Crippen LogP contribution in [-0.2, 0) is 6.54 Å². The second kappa shape index (κ2) is 7.92. The Kier molecular flexibility index (Phi) is 5.31. The molecular formula is C21H27N6O3+. The number of hydrogen-bond donors (Lipinski definition) is 3. The van der Waals surface area contributed by atoms with Gasteiger partial charge >= 0.3 is 11.9 Å². The molecule has 1 saturated heterocycles. The lowest BCUT2D eigenvalue weighted by Gasteiger charge is -2.26. The van der Waals surface area contributed by atoms with E-state index in [1.165, 1.54) is 11.9 Å². The molecule has 1 fully saturated rings. The lowest BCUT2D eigenvalue weighted by Crippen LogP contribution is -3.16. The monoisotopic (exact) mass is 411 g/mol. The van der Waals surface area contributed by atoms with Crippen LogP contribution in [0.5, 0.6) is 0 Å². The summed E-state index contributed by atoms with van der Waals surface area (Å²) in [5.41, 5.74) is 7.71. The fraction of sp³-hybridized carbons (Fsp3) is 0.381. The Labute approximate surface area is 175 Å². The van der Waals surface area contributed by atoms with E-state index in [0.29, 0.717) is 30.3 Å². The Balaban J connectivity index is 1.99. The van der Waals surface area contributed by atoms with Crippen LogP contribution in [0.1, 0.15) is 32.8 Å². The van der Waals surface area contributed by atoms with Gasteiger partial charge in [-0.05, 0) is 18.5 Å². The van der Waals surface area contributed by atoms with Gasteiger partial charge in [0.2, 0.25) is 0 Å². The molecule has 1 atom stereocenters. The van der Waals surface area contributed by atoms with Crippen LogP contribution in [0.4, 0.5) is 16.3 Å². The molecule has 158 valence electrons. The van der Waals surface area contributed by atoms with Crippen LogP contribution in [0.15, 0.2) is 30.3 Å². The van der Waals surface area contributed by atoms with E-state index in [9.17, 15) is 14.4 Å². The van der Waals surface area contributed by atoms with E-state index in [2.05, 4.69) is 10.2 Å². The van der Waals surface area contributed by atoms with Crippen molar-refractivity contribution < 1.29 is 19.3 Å². The van der Waals surface area contributed by atoms with Crippen LogP contribution in [-0.4, -0.2) is 62.7 Å². The maximum atomic E-state index is 13.2. The quantitative estimate of drug-likeness (QED) is 0.639. The average molecular weight is 411 g/mol. The lowest BCUT2D eigenvalue weighted by molar-refractivity contribution is -0.698. The minimum atomic E-state index is -0.641. The minimum Gasteiger partial charge on any atom is -0.365 e. The third-order valence-electron chi connectivity index (χ3n) is 5.80. The maximum absolute atomic E-state index is 13.2. The van der Waals surface area contributed by atoms with Crippen molar-refractivity contribution in [1.82, 2.24) is 9.88 Å². The molecule has 0 aliphatic carbocycles. The molecule has 9 heteroatoms. The molecule has 0 spiro atoms.